The van der Waals surface area contributed by atoms with Crippen LogP contribution >= 0.6 is 0 Å². The van der Waals surface area contributed by atoms with Crippen LogP contribution < -0.4 is 9.47 Å². The Kier molecular flexibility index (Phi) is 4.05. The number of aryl methyl sites for hydroxylation is 1. The molecule has 0 heterocycles. The number of rotatable bonds is 4. The molecule has 21 heavy (non-hydrogen) atoms. The average Bonchev–Trinajstić information content (AvgIpc) is 2.47. The lowest BCUT2D eigenvalue weighted by molar-refractivity contribution is -0.384. The van der Waals surface area contributed by atoms with Crippen LogP contribution in [0.15, 0.2) is 36.4 Å². The van der Waals surface area contributed by atoms with Crippen molar-refractivity contribution in [2.75, 3.05) is 7.11 Å². The van der Waals surface area contributed by atoms with Gasteiger partial charge in [0.15, 0.2) is 11.5 Å². The fourth-order valence-corrected chi connectivity index (χ4v) is 1.78. The molecule has 0 unspecified atom stereocenters. The van der Waals surface area contributed by atoms with Crippen molar-refractivity contribution in [1.82, 2.24) is 0 Å². The van der Waals surface area contributed by atoms with Gasteiger partial charge >= 0.3 is 0 Å². The maximum atomic E-state index is 10.7. The number of nitro benzene ring substituents is 1. The van der Waals surface area contributed by atoms with Crippen molar-refractivity contribution >= 4 is 5.69 Å². The van der Waals surface area contributed by atoms with Crippen LogP contribution in [-0.4, -0.2) is 12.0 Å². The van der Waals surface area contributed by atoms with Gasteiger partial charge in [-0.05, 0) is 30.7 Å². The molecule has 0 aliphatic carbocycles. The van der Waals surface area contributed by atoms with Crippen LogP contribution in [0.5, 0.6) is 17.2 Å². The van der Waals surface area contributed by atoms with Crippen molar-refractivity contribution in [2.24, 2.45) is 0 Å². The van der Waals surface area contributed by atoms with E-state index in [9.17, 15) is 10.1 Å². The summed E-state index contributed by atoms with van der Waals surface area (Å²) in [6.07, 6.45) is 0. The van der Waals surface area contributed by atoms with Gasteiger partial charge in [0.1, 0.15) is 11.8 Å². The maximum Gasteiger partial charge on any atom is 0.273 e. The van der Waals surface area contributed by atoms with Gasteiger partial charge < -0.3 is 9.47 Å². The third kappa shape index (κ3) is 3.09. The number of ether oxygens (including phenoxy) is 2. The SMILES string of the molecule is COc1cc([N+](=O)[O-])ccc1Oc1cc(C)ccc1C#N. The fraction of sp³-hybridized carbons (Fsp3) is 0.133. The van der Waals surface area contributed by atoms with Gasteiger partial charge in [-0.25, -0.2) is 0 Å². The molecule has 2 aromatic carbocycles. The first-order valence-electron chi connectivity index (χ1n) is 6.06. The van der Waals surface area contributed by atoms with E-state index in [1.54, 1.807) is 18.2 Å². The average molecular weight is 284 g/mol. The topological polar surface area (TPSA) is 85.4 Å². The second-order valence-electron chi connectivity index (χ2n) is 4.31. The Morgan fingerprint density at radius 1 is 1.14 bits per heavy atom. The highest BCUT2D eigenvalue weighted by Crippen LogP contribution is 2.35. The summed E-state index contributed by atoms with van der Waals surface area (Å²) in [5.74, 6) is 0.921. The van der Waals surface area contributed by atoms with E-state index in [-0.39, 0.29) is 11.4 Å². The van der Waals surface area contributed by atoms with Crippen molar-refractivity contribution in [3.8, 4) is 23.3 Å². The highest BCUT2D eigenvalue weighted by atomic mass is 16.6. The Bertz CT molecular complexity index is 735. The van der Waals surface area contributed by atoms with Crippen molar-refractivity contribution in [3.05, 3.63) is 57.6 Å². The van der Waals surface area contributed by atoms with Gasteiger partial charge in [-0.15, -0.1) is 0 Å². The lowest BCUT2D eigenvalue weighted by Gasteiger charge is -2.11. The minimum Gasteiger partial charge on any atom is -0.493 e. The van der Waals surface area contributed by atoms with Gasteiger partial charge in [0.05, 0.1) is 23.7 Å². The van der Waals surface area contributed by atoms with Gasteiger partial charge in [-0.3, -0.25) is 10.1 Å². The van der Waals surface area contributed by atoms with Crippen LogP contribution in [0.4, 0.5) is 5.69 Å². The van der Waals surface area contributed by atoms with Gasteiger partial charge in [0, 0.05) is 6.07 Å². The maximum absolute atomic E-state index is 10.7. The van der Waals surface area contributed by atoms with Crippen LogP contribution in [0.1, 0.15) is 11.1 Å². The highest BCUT2D eigenvalue weighted by Gasteiger charge is 2.14. The molecule has 0 aliphatic rings. The number of nitriles is 1. The van der Waals surface area contributed by atoms with Crippen LogP contribution in [0, 0.1) is 28.4 Å². The second kappa shape index (κ2) is 5.92. The molecular formula is C15H12N2O4. The number of methoxy groups -OCH3 is 1. The minimum absolute atomic E-state index is 0.0936. The van der Waals surface area contributed by atoms with Crippen molar-refractivity contribution in [3.63, 3.8) is 0 Å². The second-order valence-corrected chi connectivity index (χ2v) is 4.31. The largest absolute Gasteiger partial charge is 0.493 e. The molecule has 2 aromatic rings. The molecule has 0 bridgehead atoms. The first-order chi connectivity index (χ1) is 10.0. The molecule has 2 rings (SSSR count). The minimum atomic E-state index is -0.514. The molecule has 0 saturated carbocycles. The Hall–Kier alpha value is -3.07. The Labute approximate surface area is 121 Å². The summed E-state index contributed by atoms with van der Waals surface area (Å²) < 4.78 is 10.8. The normalized spacial score (nSPS) is 9.76. The molecule has 0 saturated heterocycles. The molecule has 0 radical (unpaired) electrons. The molecule has 0 atom stereocenters. The van der Waals surface area contributed by atoms with Crippen LogP contribution in [0.2, 0.25) is 0 Å². The number of hydrogen-bond acceptors (Lipinski definition) is 5. The first kappa shape index (κ1) is 14.3. The third-order valence-corrected chi connectivity index (χ3v) is 2.84. The standard InChI is InChI=1S/C15H12N2O4/c1-10-3-4-11(9-16)14(7-10)21-13-6-5-12(17(18)19)8-15(13)20-2/h3-8H,1-2H3. The van der Waals surface area contributed by atoms with E-state index in [1.807, 2.05) is 13.0 Å². The van der Waals surface area contributed by atoms with Gasteiger partial charge in [-0.1, -0.05) is 6.07 Å². The first-order valence-corrected chi connectivity index (χ1v) is 6.06. The fourth-order valence-electron chi connectivity index (χ4n) is 1.78. The van der Waals surface area contributed by atoms with Crippen LogP contribution in [0.25, 0.3) is 0 Å². The lowest BCUT2D eigenvalue weighted by atomic mass is 10.1. The number of nitro groups is 1. The van der Waals surface area contributed by atoms with E-state index >= 15 is 0 Å². The molecule has 6 nitrogen and oxygen atoms in total. The zero-order chi connectivity index (χ0) is 15.4. The van der Waals surface area contributed by atoms with Crippen molar-refractivity contribution < 1.29 is 14.4 Å². The smallest absolute Gasteiger partial charge is 0.273 e. The predicted octanol–water partition coefficient (Wildman–Crippen LogP) is 3.58. The number of benzene rings is 2. The number of nitrogens with zero attached hydrogens (tertiary/aromatic N) is 2. The van der Waals surface area contributed by atoms with Crippen LogP contribution in [0.3, 0.4) is 0 Å². The molecule has 0 spiro atoms. The zero-order valence-electron chi connectivity index (χ0n) is 11.5. The molecule has 0 fully saturated rings. The monoisotopic (exact) mass is 284 g/mol. The molecule has 0 N–H and O–H groups in total. The van der Waals surface area contributed by atoms with Crippen LogP contribution in [-0.2, 0) is 0 Å². The van der Waals surface area contributed by atoms with Gasteiger partial charge in [-0.2, -0.15) is 5.26 Å². The van der Waals surface area contributed by atoms with Gasteiger partial charge in [0.25, 0.3) is 5.69 Å². The third-order valence-electron chi connectivity index (χ3n) is 2.84. The quantitative estimate of drug-likeness (QED) is 0.632. The summed E-state index contributed by atoms with van der Waals surface area (Å²) in [6.45, 7) is 1.88. The number of non-ortho nitro benzene ring substituents is 1. The summed E-state index contributed by atoms with van der Waals surface area (Å²) in [4.78, 5) is 10.2. The predicted molar refractivity (Wildman–Crippen MR) is 75.6 cm³/mol. The van der Waals surface area contributed by atoms with Crippen molar-refractivity contribution in [1.29, 1.82) is 5.26 Å². The molecular weight excluding hydrogens is 272 g/mol. The summed E-state index contributed by atoms with van der Waals surface area (Å²) in [5, 5.41) is 19.8. The Morgan fingerprint density at radius 3 is 2.52 bits per heavy atom. The number of hydrogen-bond donors (Lipinski definition) is 0. The van der Waals surface area contributed by atoms with Crippen molar-refractivity contribution in [2.45, 2.75) is 6.92 Å². The molecule has 0 amide bonds. The van der Waals surface area contributed by atoms with E-state index in [0.717, 1.165) is 5.56 Å². The Morgan fingerprint density at radius 2 is 1.90 bits per heavy atom. The zero-order valence-corrected chi connectivity index (χ0v) is 11.5. The molecule has 0 aliphatic heterocycles. The Balaban J connectivity index is 2.42. The summed E-state index contributed by atoms with van der Waals surface area (Å²) in [7, 11) is 1.40. The summed E-state index contributed by atoms with van der Waals surface area (Å²) in [5.41, 5.74) is 1.22. The molecule has 6 heteroatoms. The lowest BCUT2D eigenvalue weighted by Crippen LogP contribution is -1.95. The van der Waals surface area contributed by atoms with E-state index in [2.05, 4.69) is 0 Å². The summed E-state index contributed by atoms with van der Waals surface area (Å²) in [6, 6.07) is 11.3. The van der Waals surface area contributed by atoms with Gasteiger partial charge in [0.2, 0.25) is 0 Å². The highest BCUT2D eigenvalue weighted by molar-refractivity contribution is 5.53. The van der Waals surface area contributed by atoms with E-state index in [1.165, 1.54) is 25.3 Å². The van der Waals surface area contributed by atoms with E-state index in [4.69, 9.17) is 14.7 Å². The molecule has 0 aromatic heterocycles. The molecule has 106 valence electrons. The summed E-state index contributed by atoms with van der Waals surface area (Å²) >= 11 is 0. The van der Waals surface area contributed by atoms with E-state index < -0.39 is 4.92 Å². The van der Waals surface area contributed by atoms with E-state index in [0.29, 0.717) is 17.1 Å².